The highest BCUT2D eigenvalue weighted by Gasteiger charge is 2.22. The normalized spacial score (nSPS) is 14.7. The zero-order valence-electron chi connectivity index (χ0n) is 16.3. The molecule has 0 bridgehead atoms. The number of carbonyl (C=O) groups excluding carboxylic acids is 2. The topological polar surface area (TPSA) is 46.6 Å². The van der Waals surface area contributed by atoms with Crippen LogP contribution in [0.4, 0.5) is 0 Å². The van der Waals surface area contributed by atoms with Crippen LogP contribution in [0.3, 0.4) is 0 Å². The standard InChI is InChI=1S/C23H27NO3S/c1-27-23(26)21-9-7-20(8-10-21)16-28-17-22(25)24-13-11-19(12-14-24)15-18-5-3-2-4-6-18/h2-10,19H,11-17H2,1H3. The number of methoxy groups -OCH3 is 1. The van der Waals surface area contributed by atoms with E-state index >= 15 is 0 Å². The number of esters is 1. The van der Waals surface area contributed by atoms with E-state index in [1.807, 2.05) is 17.0 Å². The number of amides is 1. The largest absolute Gasteiger partial charge is 0.465 e. The fraction of sp³-hybridized carbons (Fsp3) is 0.391. The molecule has 0 unspecified atom stereocenters. The maximum Gasteiger partial charge on any atom is 0.337 e. The van der Waals surface area contributed by atoms with E-state index in [4.69, 9.17) is 4.74 Å². The van der Waals surface area contributed by atoms with Crippen LogP contribution < -0.4 is 0 Å². The fourth-order valence-electron chi connectivity index (χ4n) is 3.54. The first-order valence-corrected chi connectivity index (χ1v) is 10.9. The lowest BCUT2D eigenvalue weighted by molar-refractivity contribution is -0.129. The van der Waals surface area contributed by atoms with Crippen LogP contribution in [0, 0.1) is 5.92 Å². The summed E-state index contributed by atoms with van der Waals surface area (Å²) < 4.78 is 4.70. The van der Waals surface area contributed by atoms with Gasteiger partial charge in [-0.3, -0.25) is 4.79 Å². The third-order valence-corrected chi connectivity index (χ3v) is 6.19. The van der Waals surface area contributed by atoms with Gasteiger partial charge in [-0.1, -0.05) is 42.5 Å². The highest BCUT2D eigenvalue weighted by molar-refractivity contribution is 7.99. The molecule has 28 heavy (non-hydrogen) atoms. The molecule has 1 aliphatic rings. The highest BCUT2D eigenvalue weighted by atomic mass is 32.2. The van der Waals surface area contributed by atoms with Crippen molar-refractivity contribution in [2.45, 2.75) is 25.0 Å². The van der Waals surface area contributed by atoms with Crippen molar-refractivity contribution in [3.63, 3.8) is 0 Å². The summed E-state index contributed by atoms with van der Waals surface area (Å²) in [4.78, 5) is 25.9. The number of nitrogens with zero attached hydrogens (tertiary/aromatic N) is 1. The molecule has 0 saturated carbocycles. The Bertz CT molecular complexity index is 768. The average molecular weight is 398 g/mol. The van der Waals surface area contributed by atoms with Crippen LogP contribution in [-0.4, -0.2) is 42.7 Å². The predicted molar refractivity (Wildman–Crippen MR) is 113 cm³/mol. The van der Waals surface area contributed by atoms with Crippen LogP contribution in [0.5, 0.6) is 0 Å². The van der Waals surface area contributed by atoms with Gasteiger partial charge in [0.25, 0.3) is 0 Å². The summed E-state index contributed by atoms with van der Waals surface area (Å²) in [7, 11) is 1.38. The van der Waals surface area contributed by atoms with Crippen LogP contribution in [0.1, 0.15) is 34.3 Å². The van der Waals surface area contributed by atoms with Gasteiger partial charge in [-0.15, -0.1) is 11.8 Å². The van der Waals surface area contributed by atoms with E-state index in [0.717, 1.165) is 43.7 Å². The van der Waals surface area contributed by atoms with Crippen molar-refractivity contribution in [1.29, 1.82) is 0 Å². The Labute approximate surface area is 171 Å². The van der Waals surface area contributed by atoms with Gasteiger partial charge in [-0.2, -0.15) is 0 Å². The summed E-state index contributed by atoms with van der Waals surface area (Å²) in [6.45, 7) is 1.73. The number of piperidine rings is 1. The van der Waals surface area contributed by atoms with E-state index in [-0.39, 0.29) is 11.9 Å². The minimum absolute atomic E-state index is 0.231. The quantitative estimate of drug-likeness (QED) is 0.658. The molecule has 2 aromatic rings. The van der Waals surface area contributed by atoms with Gasteiger partial charge in [-0.05, 0) is 48.4 Å². The molecule has 1 aliphatic heterocycles. The van der Waals surface area contributed by atoms with E-state index in [1.54, 1.807) is 23.9 Å². The number of hydrogen-bond acceptors (Lipinski definition) is 4. The number of carbonyl (C=O) groups is 2. The second-order valence-corrected chi connectivity index (χ2v) is 8.18. The van der Waals surface area contributed by atoms with Gasteiger partial charge in [0.2, 0.25) is 5.91 Å². The zero-order valence-corrected chi connectivity index (χ0v) is 17.1. The number of thioether (sulfide) groups is 1. The Morgan fingerprint density at radius 1 is 1.00 bits per heavy atom. The number of hydrogen-bond donors (Lipinski definition) is 0. The molecule has 0 N–H and O–H groups in total. The minimum atomic E-state index is -0.329. The van der Waals surface area contributed by atoms with Gasteiger partial charge in [0.1, 0.15) is 0 Å². The monoisotopic (exact) mass is 397 g/mol. The molecular formula is C23H27NO3S. The van der Waals surface area contributed by atoms with Crippen LogP contribution in [0.15, 0.2) is 54.6 Å². The van der Waals surface area contributed by atoms with E-state index in [2.05, 4.69) is 30.3 Å². The molecule has 3 rings (SSSR count). The van der Waals surface area contributed by atoms with E-state index in [9.17, 15) is 9.59 Å². The molecule has 2 aromatic carbocycles. The first-order valence-electron chi connectivity index (χ1n) is 9.72. The minimum Gasteiger partial charge on any atom is -0.465 e. The van der Waals surface area contributed by atoms with Crippen molar-refractivity contribution < 1.29 is 14.3 Å². The number of rotatable bonds is 7. The van der Waals surface area contributed by atoms with Gasteiger partial charge in [0.05, 0.1) is 18.4 Å². The number of benzene rings is 2. The maximum absolute atomic E-state index is 12.5. The van der Waals surface area contributed by atoms with Crippen molar-refractivity contribution in [1.82, 2.24) is 4.90 Å². The van der Waals surface area contributed by atoms with Crippen molar-refractivity contribution >= 4 is 23.6 Å². The fourth-order valence-corrected chi connectivity index (χ4v) is 4.42. The van der Waals surface area contributed by atoms with Crippen LogP contribution >= 0.6 is 11.8 Å². The first-order chi connectivity index (χ1) is 13.7. The molecular weight excluding hydrogens is 370 g/mol. The maximum atomic E-state index is 12.5. The molecule has 5 heteroatoms. The zero-order chi connectivity index (χ0) is 19.8. The Kier molecular flexibility index (Phi) is 7.54. The Balaban J connectivity index is 1.37. The number of ether oxygens (including phenoxy) is 1. The van der Waals surface area contributed by atoms with Crippen molar-refractivity contribution in [2.24, 2.45) is 5.92 Å². The van der Waals surface area contributed by atoms with Crippen molar-refractivity contribution in [3.8, 4) is 0 Å². The second-order valence-electron chi connectivity index (χ2n) is 7.20. The van der Waals surface area contributed by atoms with E-state index in [1.165, 1.54) is 12.7 Å². The SMILES string of the molecule is COC(=O)c1ccc(CSCC(=O)N2CCC(Cc3ccccc3)CC2)cc1. The number of likely N-dealkylation sites (tertiary alicyclic amines) is 1. The molecule has 0 aromatic heterocycles. The molecule has 0 aliphatic carbocycles. The summed E-state index contributed by atoms with van der Waals surface area (Å²) in [5.41, 5.74) is 3.04. The van der Waals surface area contributed by atoms with Crippen molar-refractivity contribution in [2.75, 3.05) is 26.0 Å². The summed E-state index contributed by atoms with van der Waals surface area (Å²) >= 11 is 1.62. The third-order valence-electron chi connectivity index (χ3n) is 5.20. The molecule has 1 fully saturated rings. The molecule has 0 atom stereocenters. The van der Waals surface area contributed by atoms with Gasteiger partial charge < -0.3 is 9.64 Å². The lowest BCUT2D eigenvalue weighted by Crippen LogP contribution is -2.39. The van der Waals surface area contributed by atoms with Crippen LogP contribution in [-0.2, 0) is 21.7 Å². The Morgan fingerprint density at radius 2 is 1.68 bits per heavy atom. The van der Waals surface area contributed by atoms with Crippen molar-refractivity contribution in [3.05, 3.63) is 71.3 Å². The lowest BCUT2D eigenvalue weighted by Gasteiger charge is -2.32. The molecule has 1 amide bonds. The van der Waals surface area contributed by atoms with Gasteiger partial charge in [-0.25, -0.2) is 4.79 Å². The molecule has 0 radical (unpaired) electrons. The van der Waals surface area contributed by atoms with Gasteiger partial charge >= 0.3 is 5.97 Å². The van der Waals surface area contributed by atoms with Gasteiger partial charge in [0, 0.05) is 18.8 Å². The smallest absolute Gasteiger partial charge is 0.337 e. The van der Waals surface area contributed by atoms with E-state index in [0.29, 0.717) is 17.2 Å². The van der Waals surface area contributed by atoms with Crippen LogP contribution in [0.25, 0.3) is 0 Å². The molecule has 1 saturated heterocycles. The van der Waals surface area contributed by atoms with E-state index < -0.39 is 0 Å². The second kappa shape index (κ2) is 10.3. The average Bonchev–Trinajstić information content (AvgIpc) is 2.75. The summed E-state index contributed by atoms with van der Waals surface area (Å²) in [5.74, 6) is 1.84. The predicted octanol–water partition coefficient (Wildman–Crippen LogP) is 4.19. The Morgan fingerprint density at radius 3 is 2.32 bits per heavy atom. The highest BCUT2D eigenvalue weighted by Crippen LogP contribution is 2.22. The third kappa shape index (κ3) is 5.86. The summed E-state index contributed by atoms with van der Waals surface area (Å²) in [5, 5.41) is 0. The van der Waals surface area contributed by atoms with Gasteiger partial charge in [0.15, 0.2) is 0 Å². The molecule has 148 valence electrons. The molecule has 0 spiro atoms. The summed E-state index contributed by atoms with van der Waals surface area (Å²) in [6.07, 6.45) is 3.28. The first kappa shape index (κ1) is 20.5. The summed E-state index contributed by atoms with van der Waals surface area (Å²) in [6, 6.07) is 18.0. The molecule has 4 nitrogen and oxygen atoms in total. The van der Waals surface area contributed by atoms with Crippen LogP contribution in [0.2, 0.25) is 0 Å². The Hall–Kier alpha value is -2.27. The lowest BCUT2D eigenvalue weighted by atomic mass is 9.90. The molecule has 1 heterocycles.